The van der Waals surface area contributed by atoms with Gasteiger partial charge in [0.1, 0.15) is 0 Å². The summed E-state index contributed by atoms with van der Waals surface area (Å²) in [6.45, 7) is 6.37. The Hall–Kier alpha value is -0.830. The topological polar surface area (TPSA) is 35.5 Å². The Balaban J connectivity index is 3.36. The first kappa shape index (κ1) is 11.2. The lowest BCUT2D eigenvalue weighted by atomic mass is 10.2. The summed E-state index contributed by atoms with van der Waals surface area (Å²) >= 11 is 0. The third-order valence-corrected chi connectivity index (χ3v) is 1.44. The molecule has 0 aromatic heterocycles. The summed E-state index contributed by atoms with van der Waals surface area (Å²) in [5, 5.41) is 0. The molecule has 0 aliphatic heterocycles. The van der Waals surface area contributed by atoms with Crippen LogP contribution in [0, 0.1) is 5.92 Å². The van der Waals surface area contributed by atoms with Crippen molar-refractivity contribution in [1.29, 1.82) is 0 Å². The van der Waals surface area contributed by atoms with Gasteiger partial charge in [0.15, 0.2) is 0 Å². The van der Waals surface area contributed by atoms with Crippen molar-refractivity contribution in [3.63, 3.8) is 0 Å². The number of methoxy groups -OCH3 is 1. The van der Waals surface area contributed by atoms with Gasteiger partial charge in [0.25, 0.3) is 0 Å². The SMILES string of the molecule is C=CCCOCC(C)C(=O)OC. The molecule has 1 unspecified atom stereocenters. The molecule has 0 saturated carbocycles. The van der Waals surface area contributed by atoms with Gasteiger partial charge in [0.05, 0.1) is 26.2 Å². The highest BCUT2D eigenvalue weighted by Crippen LogP contribution is 1.98. The third kappa shape index (κ3) is 4.91. The van der Waals surface area contributed by atoms with Crippen LogP contribution in [0.3, 0.4) is 0 Å². The Morgan fingerprint density at radius 2 is 2.33 bits per heavy atom. The summed E-state index contributed by atoms with van der Waals surface area (Å²) in [7, 11) is 1.38. The van der Waals surface area contributed by atoms with Gasteiger partial charge < -0.3 is 9.47 Å². The minimum absolute atomic E-state index is 0.181. The predicted molar refractivity (Wildman–Crippen MR) is 46.8 cm³/mol. The van der Waals surface area contributed by atoms with E-state index in [9.17, 15) is 4.79 Å². The number of hydrogen-bond donors (Lipinski definition) is 0. The maximum absolute atomic E-state index is 10.9. The number of rotatable bonds is 6. The molecule has 0 saturated heterocycles. The highest BCUT2D eigenvalue weighted by Gasteiger charge is 2.12. The molecule has 0 bridgehead atoms. The normalized spacial score (nSPS) is 12.2. The molecule has 0 amide bonds. The Morgan fingerprint density at radius 3 is 2.83 bits per heavy atom. The van der Waals surface area contributed by atoms with E-state index in [0.717, 1.165) is 6.42 Å². The Kier molecular flexibility index (Phi) is 6.38. The van der Waals surface area contributed by atoms with Crippen molar-refractivity contribution in [3.8, 4) is 0 Å². The average molecular weight is 172 g/mol. The van der Waals surface area contributed by atoms with Crippen LogP contribution < -0.4 is 0 Å². The largest absolute Gasteiger partial charge is 0.469 e. The third-order valence-electron chi connectivity index (χ3n) is 1.44. The smallest absolute Gasteiger partial charge is 0.310 e. The zero-order chi connectivity index (χ0) is 9.40. The average Bonchev–Trinajstić information content (AvgIpc) is 2.10. The van der Waals surface area contributed by atoms with E-state index < -0.39 is 0 Å². The van der Waals surface area contributed by atoms with Crippen molar-refractivity contribution >= 4 is 5.97 Å². The second kappa shape index (κ2) is 6.85. The first-order valence-electron chi connectivity index (χ1n) is 3.98. The maximum atomic E-state index is 10.9. The van der Waals surface area contributed by atoms with Crippen LogP contribution in [-0.4, -0.2) is 26.3 Å². The fourth-order valence-electron chi connectivity index (χ4n) is 0.696. The fourth-order valence-corrected chi connectivity index (χ4v) is 0.696. The monoisotopic (exact) mass is 172 g/mol. The molecular weight excluding hydrogens is 156 g/mol. The Bertz CT molecular complexity index is 143. The van der Waals surface area contributed by atoms with Crippen LogP contribution in [-0.2, 0) is 14.3 Å². The summed E-state index contributed by atoms with van der Waals surface area (Å²) in [5.74, 6) is -0.409. The molecule has 0 rings (SSSR count). The van der Waals surface area contributed by atoms with Gasteiger partial charge in [0.2, 0.25) is 0 Å². The lowest BCUT2D eigenvalue weighted by Gasteiger charge is -2.08. The highest BCUT2D eigenvalue weighted by atomic mass is 16.5. The van der Waals surface area contributed by atoms with Gasteiger partial charge in [-0.1, -0.05) is 6.08 Å². The molecule has 0 spiro atoms. The fraction of sp³-hybridized carbons (Fsp3) is 0.667. The molecule has 0 aliphatic rings. The van der Waals surface area contributed by atoms with E-state index in [-0.39, 0.29) is 11.9 Å². The van der Waals surface area contributed by atoms with E-state index in [1.54, 1.807) is 13.0 Å². The summed E-state index contributed by atoms with van der Waals surface area (Å²) in [5.41, 5.74) is 0. The summed E-state index contributed by atoms with van der Waals surface area (Å²) in [6.07, 6.45) is 2.59. The lowest BCUT2D eigenvalue weighted by molar-refractivity contribution is -0.146. The first-order chi connectivity index (χ1) is 5.72. The lowest BCUT2D eigenvalue weighted by Crippen LogP contribution is -2.18. The number of carbonyl (C=O) groups excluding carboxylic acids is 1. The molecule has 3 nitrogen and oxygen atoms in total. The standard InChI is InChI=1S/C9H16O3/c1-4-5-6-12-7-8(2)9(10)11-3/h4,8H,1,5-7H2,2-3H3. The van der Waals surface area contributed by atoms with E-state index in [1.807, 2.05) is 0 Å². The van der Waals surface area contributed by atoms with E-state index in [2.05, 4.69) is 11.3 Å². The highest BCUT2D eigenvalue weighted by molar-refractivity contribution is 5.71. The van der Waals surface area contributed by atoms with Gasteiger partial charge in [-0.2, -0.15) is 0 Å². The molecule has 70 valence electrons. The van der Waals surface area contributed by atoms with Crippen molar-refractivity contribution in [3.05, 3.63) is 12.7 Å². The van der Waals surface area contributed by atoms with Gasteiger partial charge in [-0.05, 0) is 13.3 Å². The summed E-state index contributed by atoms with van der Waals surface area (Å²) in [4.78, 5) is 10.9. The molecule has 0 fully saturated rings. The van der Waals surface area contributed by atoms with Crippen LogP contribution in [0.25, 0.3) is 0 Å². The molecule has 0 N–H and O–H groups in total. The van der Waals surface area contributed by atoms with Crippen molar-refractivity contribution in [2.75, 3.05) is 20.3 Å². The van der Waals surface area contributed by atoms with Gasteiger partial charge >= 0.3 is 5.97 Å². The van der Waals surface area contributed by atoms with E-state index in [0.29, 0.717) is 13.2 Å². The second-order valence-corrected chi connectivity index (χ2v) is 2.58. The number of esters is 1. The molecule has 3 heteroatoms. The molecule has 1 atom stereocenters. The summed E-state index contributed by atoms with van der Waals surface area (Å²) < 4.78 is 9.72. The molecule has 0 heterocycles. The van der Waals surface area contributed by atoms with E-state index in [4.69, 9.17) is 4.74 Å². The zero-order valence-electron chi connectivity index (χ0n) is 7.71. The first-order valence-corrected chi connectivity index (χ1v) is 3.98. The van der Waals surface area contributed by atoms with Crippen LogP contribution in [0.15, 0.2) is 12.7 Å². The quantitative estimate of drug-likeness (QED) is 0.345. The van der Waals surface area contributed by atoms with Crippen molar-refractivity contribution < 1.29 is 14.3 Å². The van der Waals surface area contributed by atoms with E-state index in [1.165, 1.54) is 7.11 Å². The van der Waals surface area contributed by atoms with E-state index >= 15 is 0 Å². The minimum Gasteiger partial charge on any atom is -0.469 e. The van der Waals surface area contributed by atoms with Crippen molar-refractivity contribution in [2.45, 2.75) is 13.3 Å². The Labute approximate surface area is 73.4 Å². The zero-order valence-corrected chi connectivity index (χ0v) is 7.71. The van der Waals surface area contributed by atoms with Crippen molar-refractivity contribution in [2.24, 2.45) is 5.92 Å². The summed E-state index contributed by atoms with van der Waals surface area (Å²) in [6, 6.07) is 0. The van der Waals surface area contributed by atoms with Gasteiger partial charge in [-0.15, -0.1) is 6.58 Å². The van der Waals surface area contributed by atoms with Crippen LogP contribution in [0.2, 0.25) is 0 Å². The van der Waals surface area contributed by atoms with Gasteiger partial charge in [0, 0.05) is 0 Å². The van der Waals surface area contributed by atoms with Gasteiger partial charge in [-0.25, -0.2) is 0 Å². The van der Waals surface area contributed by atoms with Crippen LogP contribution in [0.4, 0.5) is 0 Å². The number of hydrogen-bond acceptors (Lipinski definition) is 3. The molecule has 12 heavy (non-hydrogen) atoms. The predicted octanol–water partition coefficient (Wildman–Crippen LogP) is 1.39. The molecule has 0 aromatic carbocycles. The van der Waals surface area contributed by atoms with Crippen molar-refractivity contribution in [1.82, 2.24) is 0 Å². The van der Waals surface area contributed by atoms with Crippen LogP contribution >= 0.6 is 0 Å². The number of ether oxygens (including phenoxy) is 2. The molecule has 0 aliphatic carbocycles. The second-order valence-electron chi connectivity index (χ2n) is 2.58. The Morgan fingerprint density at radius 1 is 1.67 bits per heavy atom. The molecule has 0 radical (unpaired) electrons. The molecule has 0 aromatic rings. The number of carbonyl (C=O) groups is 1. The van der Waals surface area contributed by atoms with Crippen LogP contribution in [0.5, 0.6) is 0 Å². The van der Waals surface area contributed by atoms with Crippen LogP contribution in [0.1, 0.15) is 13.3 Å². The minimum atomic E-state index is -0.228. The molecular formula is C9H16O3. The maximum Gasteiger partial charge on any atom is 0.310 e. The van der Waals surface area contributed by atoms with Gasteiger partial charge in [-0.3, -0.25) is 4.79 Å².